The lowest BCUT2D eigenvalue weighted by Crippen LogP contribution is -2.17. The van der Waals surface area contributed by atoms with E-state index in [1.54, 1.807) is 22.5 Å². The van der Waals surface area contributed by atoms with Gasteiger partial charge < -0.3 is 0 Å². The van der Waals surface area contributed by atoms with Crippen molar-refractivity contribution in [3.63, 3.8) is 0 Å². The van der Waals surface area contributed by atoms with Crippen LogP contribution in [0.1, 0.15) is 47.4 Å². The summed E-state index contributed by atoms with van der Waals surface area (Å²) in [6.07, 6.45) is 14.8. The highest BCUT2D eigenvalue weighted by Crippen LogP contribution is 2.66. The molecule has 1 fully saturated rings. The van der Waals surface area contributed by atoms with Gasteiger partial charge in [0.2, 0.25) is 5.95 Å². The molecule has 0 bridgehead atoms. The number of allylic oxidation sites excluding steroid dienone is 5. The maximum Gasteiger partial charge on any atom is 0.236 e. The fraction of sp³-hybridized carbons (Fsp3) is 0.132. The van der Waals surface area contributed by atoms with E-state index in [1.165, 1.54) is 67.1 Å². The number of rotatable bonds is 4. The van der Waals surface area contributed by atoms with Crippen molar-refractivity contribution in [2.45, 2.75) is 37.0 Å². The number of nitrogens with zero attached hydrogens (tertiary/aromatic N) is 3. The Morgan fingerprint density at radius 3 is 2.26 bits per heavy atom. The molecule has 2 unspecified atom stereocenters. The highest BCUT2D eigenvalue weighted by Gasteiger charge is 2.58. The molecule has 0 radical (unpaired) electrons. The van der Waals surface area contributed by atoms with Crippen LogP contribution in [0.3, 0.4) is 0 Å². The third-order valence-corrected chi connectivity index (χ3v) is 14.6. The Morgan fingerprint density at radius 2 is 1.39 bits per heavy atom. The van der Waals surface area contributed by atoms with Crippen molar-refractivity contribution in [2.75, 3.05) is 0 Å². The second-order valence-corrected chi connectivity index (χ2v) is 17.5. The lowest BCUT2D eigenvalue weighted by atomic mass is 9.77. The number of aryl methyl sites for hydroxylation is 1. The average molecular weight is 748 g/mol. The van der Waals surface area contributed by atoms with Crippen molar-refractivity contribution in [2.24, 2.45) is 5.92 Å². The Balaban J connectivity index is 0.959. The van der Waals surface area contributed by atoms with Crippen molar-refractivity contribution >= 4 is 59.5 Å². The van der Waals surface area contributed by atoms with E-state index in [9.17, 15) is 0 Å². The zero-order valence-electron chi connectivity index (χ0n) is 31.3. The molecule has 13 rings (SSSR count). The molecule has 0 aliphatic heterocycles. The van der Waals surface area contributed by atoms with Gasteiger partial charge in [0.05, 0.1) is 16.7 Å². The molecule has 3 nitrogen and oxygen atoms in total. The summed E-state index contributed by atoms with van der Waals surface area (Å²) < 4.78 is 3.54. The van der Waals surface area contributed by atoms with Crippen molar-refractivity contribution in [3.8, 4) is 28.3 Å². The number of hydrogen-bond acceptors (Lipinski definition) is 3. The predicted octanol–water partition coefficient (Wildman–Crippen LogP) is 13.5. The third kappa shape index (κ3) is 4.59. The van der Waals surface area contributed by atoms with Crippen molar-refractivity contribution in [1.82, 2.24) is 14.5 Å². The monoisotopic (exact) mass is 747 g/mol. The molecule has 0 saturated heterocycles. The summed E-state index contributed by atoms with van der Waals surface area (Å²) >= 11 is 1.75. The Labute approximate surface area is 335 Å². The fourth-order valence-electron chi connectivity index (χ4n) is 10.8. The van der Waals surface area contributed by atoms with E-state index in [2.05, 4.69) is 168 Å². The summed E-state index contributed by atoms with van der Waals surface area (Å²) in [5.41, 5.74) is 15.9. The van der Waals surface area contributed by atoms with Gasteiger partial charge in [-0.05, 0) is 94.3 Å². The van der Waals surface area contributed by atoms with E-state index in [0.29, 0.717) is 23.2 Å². The molecule has 4 heteroatoms. The van der Waals surface area contributed by atoms with Gasteiger partial charge >= 0.3 is 0 Å². The van der Waals surface area contributed by atoms with E-state index >= 15 is 0 Å². The van der Waals surface area contributed by atoms with Crippen LogP contribution in [0.2, 0.25) is 0 Å². The van der Waals surface area contributed by atoms with Gasteiger partial charge in [-0.1, -0.05) is 146 Å². The molecule has 3 heterocycles. The van der Waals surface area contributed by atoms with Gasteiger partial charge in [0.15, 0.2) is 0 Å². The van der Waals surface area contributed by atoms with Crippen molar-refractivity contribution < 1.29 is 0 Å². The summed E-state index contributed by atoms with van der Waals surface area (Å²) in [5, 5.41) is 4.90. The molecule has 6 aromatic carbocycles. The Morgan fingerprint density at radius 1 is 0.632 bits per heavy atom. The fourth-order valence-corrected chi connectivity index (χ4v) is 11.8. The van der Waals surface area contributed by atoms with Crippen LogP contribution in [0.25, 0.3) is 76.5 Å². The maximum absolute atomic E-state index is 5.51. The van der Waals surface area contributed by atoms with Crippen LogP contribution < -0.4 is 0 Å². The van der Waals surface area contributed by atoms with Gasteiger partial charge in [-0.25, -0.2) is 9.97 Å². The SMILES string of the molecule is C1=CC2C(C=C1C1=Cc3ccc4c(c3CC1)c1ccccc1n4-c1nc(-c3ccc(-c4ccccc4)cc3)c3c(n1)sc1ccccc13)c1ccccc1C21CC1. The highest BCUT2D eigenvalue weighted by atomic mass is 32.1. The summed E-state index contributed by atoms with van der Waals surface area (Å²) in [5.74, 6) is 1.80. The van der Waals surface area contributed by atoms with Gasteiger partial charge in [0, 0.05) is 43.1 Å². The molecule has 4 aliphatic carbocycles. The van der Waals surface area contributed by atoms with Gasteiger partial charge in [-0.3, -0.25) is 4.57 Å². The summed E-state index contributed by atoms with van der Waals surface area (Å²) in [4.78, 5) is 11.9. The molecular formula is C53H37N3S. The first-order valence-corrected chi connectivity index (χ1v) is 21.1. The second kappa shape index (κ2) is 11.8. The lowest BCUT2D eigenvalue weighted by Gasteiger charge is -2.26. The first-order chi connectivity index (χ1) is 28.2. The highest BCUT2D eigenvalue weighted by molar-refractivity contribution is 7.25. The molecule has 2 atom stereocenters. The summed E-state index contributed by atoms with van der Waals surface area (Å²) in [7, 11) is 0. The minimum Gasteiger partial charge on any atom is -0.278 e. The molecule has 9 aromatic rings. The molecule has 4 aliphatic rings. The number of fused-ring (bicyclic) bond motifs is 13. The minimum absolute atomic E-state index is 0.381. The zero-order valence-corrected chi connectivity index (χ0v) is 32.1. The molecule has 270 valence electrons. The van der Waals surface area contributed by atoms with Crippen LogP contribution in [0.4, 0.5) is 0 Å². The number of benzene rings is 6. The molecule has 1 spiro atoms. The van der Waals surface area contributed by atoms with Gasteiger partial charge in [-0.15, -0.1) is 11.3 Å². The topological polar surface area (TPSA) is 30.7 Å². The van der Waals surface area contributed by atoms with E-state index in [0.717, 1.165) is 45.3 Å². The lowest BCUT2D eigenvalue weighted by molar-refractivity contribution is 0.495. The minimum atomic E-state index is 0.381. The molecule has 57 heavy (non-hydrogen) atoms. The van der Waals surface area contributed by atoms with E-state index in [1.807, 2.05) is 0 Å². The average Bonchev–Trinajstić information content (AvgIpc) is 3.79. The van der Waals surface area contributed by atoms with Crippen molar-refractivity contribution in [3.05, 3.63) is 191 Å². The maximum atomic E-state index is 5.51. The van der Waals surface area contributed by atoms with Crippen LogP contribution in [0, 0.1) is 5.92 Å². The molecule has 0 N–H and O–H groups in total. The largest absolute Gasteiger partial charge is 0.278 e. The molecule has 1 saturated carbocycles. The Hall–Kier alpha value is -6.36. The standard InChI is InChI=1S/C53H37N3S/c1-2-10-32(11-3-1)33-18-20-34(21-19-33)50-49-41-14-6-9-17-47(41)57-51(49)55-52(54-50)56-45-16-8-5-13-40(45)48-38-25-22-35(30-37(38)24-27-46(48)56)36-23-26-44-42(31-36)39-12-4-7-15-43(39)53(44)28-29-53/h1-21,23-24,26-27,30-31,42,44H,22,25,28-29H2. The smallest absolute Gasteiger partial charge is 0.236 e. The first-order valence-electron chi connectivity index (χ1n) is 20.3. The van der Waals surface area contributed by atoms with E-state index < -0.39 is 0 Å². The van der Waals surface area contributed by atoms with Crippen LogP contribution in [-0.4, -0.2) is 14.5 Å². The number of para-hydroxylation sites is 1. The van der Waals surface area contributed by atoms with Crippen LogP contribution in [0.15, 0.2) is 169 Å². The number of hydrogen-bond donors (Lipinski definition) is 0. The first kappa shape index (κ1) is 31.8. The van der Waals surface area contributed by atoms with Crippen molar-refractivity contribution in [1.29, 1.82) is 0 Å². The number of aromatic nitrogens is 3. The van der Waals surface area contributed by atoms with Crippen LogP contribution in [-0.2, 0) is 11.8 Å². The second-order valence-electron chi connectivity index (χ2n) is 16.4. The Kier molecular flexibility index (Phi) is 6.60. The van der Waals surface area contributed by atoms with E-state index in [4.69, 9.17) is 9.97 Å². The summed E-state index contributed by atoms with van der Waals surface area (Å²) in [6, 6.07) is 50.8. The third-order valence-electron chi connectivity index (χ3n) is 13.5. The zero-order chi connectivity index (χ0) is 37.2. The molecule has 0 amide bonds. The van der Waals surface area contributed by atoms with Gasteiger partial charge in [0.1, 0.15) is 4.83 Å². The predicted molar refractivity (Wildman–Crippen MR) is 237 cm³/mol. The molecule has 3 aromatic heterocycles. The Bertz CT molecular complexity index is 3240. The van der Waals surface area contributed by atoms with E-state index in [-0.39, 0.29) is 0 Å². The van der Waals surface area contributed by atoms with Crippen LogP contribution in [0.5, 0.6) is 0 Å². The normalized spacial score (nSPS) is 18.9. The van der Waals surface area contributed by atoms with Gasteiger partial charge in [0.25, 0.3) is 0 Å². The summed E-state index contributed by atoms with van der Waals surface area (Å²) in [6.45, 7) is 0. The quantitative estimate of drug-likeness (QED) is 0.179. The van der Waals surface area contributed by atoms with Crippen LogP contribution >= 0.6 is 11.3 Å². The molecular weight excluding hydrogens is 711 g/mol. The number of thiophene rings is 1. The van der Waals surface area contributed by atoms with Gasteiger partial charge in [-0.2, -0.15) is 0 Å².